The van der Waals surface area contributed by atoms with Crippen LogP contribution in [0.4, 0.5) is 15.9 Å². The van der Waals surface area contributed by atoms with Crippen molar-refractivity contribution in [1.29, 1.82) is 5.41 Å². The number of halogens is 2. The molecule has 1 atom stereocenters. The Morgan fingerprint density at radius 1 is 1.39 bits per heavy atom. The molecular formula is C20H18ClFN5O4+. The van der Waals surface area contributed by atoms with E-state index in [1.54, 1.807) is 29.6 Å². The Bertz CT molecular complexity index is 1200. The summed E-state index contributed by atoms with van der Waals surface area (Å²) in [4.78, 5) is 27.7. The van der Waals surface area contributed by atoms with Crippen LogP contribution in [0.2, 0.25) is 5.02 Å². The maximum absolute atomic E-state index is 13.9. The number of carbonyl (C=O) groups is 1. The zero-order chi connectivity index (χ0) is 22.5. The van der Waals surface area contributed by atoms with E-state index in [0.717, 1.165) is 6.21 Å². The van der Waals surface area contributed by atoms with Crippen molar-refractivity contribution in [2.75, 3.05) is 5.32 Å². The van der Waals surface area contributed by atoms with E-state index < -0.39 is 17.8 Å². The number of carboxylic acids is 1. The highest BCUT2D eigenvalue weighted by Crippen LogP contribution is 2.22. The molecular weight excluding hydrogens is 429 g/mol. The molecule has 0 aliphatic carbocycles. The fraction of sp³-hybridized carbons (Fsp3) is 0.100. The maximum atomic E-state index is 13.9. The van der Waals surface area contributed by atoms with Crippen LogP contribution in [0.3, 0.4) is 0 Å². The number of nitrogens with zero attached hydrogens (tertiary/aromatic N) is 2. The van der Waals surface area contributed by atoms with E-state index in [-0.39, 0.29) is 34.5 Å². The molecule has 2 aromatic heterocycles. The highest BCUT2D eigenvalue weighted by atomic mass is 35.5. The number of hydrogen-bond donors (Lipinski definition) is 5. The largest absolute Gasteiger partial charge is 0.478 e. The van der Waals surface area contributed by atoms with E-state index in [9.17, 15) is 19.1 Å². The third kappa shape index (κ3) is 4.94. The number of benzene rings is 1. The van der Waals surface area contributed by atoms with Crippen LogP contribution < -0.4 is 16.2 Å². The van der Waals surface area contributed by atoms with Gasteiger partial charge in [-0.2, -0.15) is 0 Å². The smallest absolute Gasteiger partial charge is 0.353 e. The van der Waals surface area contributed by atoms with Crippen LogP contribution in [-0.4, -0.2) is 38.2 Å². The molecule has 160 valence electrons. The first-order valence-electron chi connectivity index (χ1n) is 8.98. The summed E-state index contributed by atoms with van der Waals surface area (Å²) in [5.74, 6) is -1.89. The van der Waals surface area contributed by atoms with Crippen molar-refractivity contribution >= 4 is 35.3 Å². The number of quaternary nitrogens is 1. The Labute approximate surface area is 180 Å². The van der Waals surface area contributed by atoms with Gasteiger partial charge in [0.1, 0.15) is 29.4 Å². The van der Waals surface area contributed by atoms with Crippen LogP contribution >= 0.6 is 11.6 Å². The maximum Gasteiger partial charge on any atom is 0.353 e. The zero-order valence-corrected chi connectivity index (χ0v) is 16.7. The van der Waals surface area contributed by atoms with Gasteiger partial charge in [-0.1, -0.05) is 29.8 Å². The third-order valence-electron chi connectivity index (χ3n) is 4.42. The van der Waals surface area contributed by atoms with Crippen molar-refractivity contribution in [3.8, 4) is 5.69 Å². The molecule has 0 saturated heterocycles. The molecule has 3 aromatic rings. The Morgan fingerprint density at radius 2 is 2.13 bits per heavy atom. The van der Waals surface area contributed by atoms with Crippen LogP contribution in [0.5, 0.6) is 0 Å². The van der Waals surface area contributed by atoms with Gasteiger partial charge in [0.25, 0.3) is 5.56 Å². The first-order chi connectivity index (χ1) is 14.8. The van der Waals surface area contributed by atoms with Gasteiger partial charge in [-0.05, 0) is 6.07 Å². The molecule has 6 N–H and O–H groups in total. The Hall–Kier alpha value is -3.60. The lowest BCUT2D eigenvalue weighted by molar-refractivity contribution is -0.589. The molecule has 3 rings (SSSR count). The summed E-state index contributed by atoms with van der Waals surface area (Å²) in [7, 11) is 0. The van der Waals surface area contributed by atoms with Gasteiger partial charge < -0.3 is 26.3 Å². The molecule has 0 amide bonds. The lowest BCUT2D eigenvalue weighted by Gasteiger charge is -2.14. The Balaban J connectivity index is 1.95. The lowest BCUT2D eigenvalue weighted by atomic mass is 10.2. The Morgan fingerprint density at radius 3 is 2.81 bits per heavy atom. The molecule has 11 heteroatoms. The van der Waals surface area contributed by atoms with E-state index in [0.29, 0.717) is 11.3 Å². The van der Waals surface area contributed by atoms with Gasteiger partial charge in [0, 0.05) is 30.1 Å². The second kappa shape index (κ2) is 9.47. The number of aliphatic hydroxyl groups excluding tert-OH is 1. The van der Waals surface area contributed by atoms with Crippen molar-refractivity contribution in [2.45, 2.75) is 12.8 Å². The van der Waals surface area contributed by atoms with Gasteiger partial charge >= 0.3 is 5.97 Å². The number of aromatic nitrogens is 2. The molecule has 31 heavy (non-hydrogen) atoms. The predicted molar refractivity (Wildman–Crippen MR) is 112 cm³/mol. The molecule has 0 aliphatic rings. The molecule has 9 nitrogen and oxygen atoms in total. The van der Waals surface area contributed by atoms with E-state index in [4.69, 9.17) is 22.1 Å². The van der Waals surface area contributed by atoms with Crippen LogP contribution in [0.25, 0.3) is 5.69 Å². The average Bonchev–Trinajstić information content (AvgIpc) is 2.74. The van der Waals surface area contributed by atoms with Gasteiger partial charge in [-0.25, -0.2) is 14.2 Å². The van der Waals surface area contributed by atoms with Crippen LogP contribution in [-0.2, 0) is 11.3 Å². The molecule has 0 radical (unpaired) electrons. The molecule has 0 spiro atoms. The normalized spacial score (nSPS) is 11.7. The number of aliphatic hydroxyl groups is 1. The third-order valence-corrected chi connectivity index (χ3v) is 4.71. The van der Waals surface area contributed by atoms with Crippen molar-refractivity contribution < 1.29 is 24.7 Å². The molecule has 0 fully saturated rings. The van der Waals surface area contributed by atoms with Crippen molar-refractivity contribution in [1.82, 2.24) is 9.55 Å². The van der Waals surface area contributed by atoms with Gasteiger partial charge in [-0.15, -0.1) is 0 Å². The molecule has 0 aliphatic heterocycles. The van der Waals surface area contributed by atoms with Gasteiger partial charge in [0.05, 0.1) is 16.9 Å². The summed E-state index contributed by atoms with van der Waals surface area (Å²) < 4.78 is 15.0. The molecule has 0 bridgehead atoms. The fourth-order valence-corrected chi connectivity index (χ4v) is 3.05. The topological polar surface area (TPSA) is 145 Å². The van der Waals surface area contributed by atoms with Crippen molar-refractivity contribution in [3.05, 3.63) is 81.1 Å². The van der Waals surface area contributed by atoms with Crippen molar-refractivity contribution in [3.63, 3.8) is 0 Å². The number of nitrogens with two attached hydrogens (primary N) is 1. The summed E-state index contributed by atoms with van der Waals surface area (Å²) in [5.41, 5.74) is 0.573. The molecule has 2 heterocycles. The second-order valence-corrected chi connectivity index (χ2v) is 6.82. The first-order valence-corrected chi connectivity index (χ1v) is 9.35. The monoisotopic (exact) mass is 446 g/mol. The number of rotatable bonds is 8. The minimum absolute atomic E-state index is 0.0206. The molecule has 0 unspecified atom stereocenters. The molecule has 0 saturated carbocycles. The predicted octanol–water partition coefficient (Wildman–Crippen LogP) is 1.23. The van der Waals surface area contributed by atoms with E-state index >= 15 is 0 Å². The van der Waals surface area contributed by atoms with E-state index in [1.165, 1.54) is 29.1 Å². The number of nitrogens with one attached hydrogen (secondary N) is 2. The summed E-state index contributed by atoms with van der Waals surface area (Å²) in [6.07, 6.45) is 1.63. The quantitative estimate of drug-likeness (QED) is 0.260. The first kappa shape index (κ1) is 22.1. The number of carboxylic acid groups (broad SMARTS) is 1. The minimum Gasteiger partial charge on any atom is -0.478 e. The number of anilines is 1. The van der Waals surface area contributed by atoms with Gasteiger partial charge in [0.15, 0.2) is 0 Å². The highest BCUT2D eigenvalue weighted by molar-refractivity contribution is 6.32. The summed E-state index contributed by atoms with van der Waals surface area (Å²) >= 11 is 6.16. The fourth-order valence-electron chi connectivity index (χ4n) is 2.86. The minimum atomic E-state index is -1.90. The molecule has 1 aromatic carbocycles. The standard InChI is InChI=1S/C20H17ClFN5O4/c21-13-10-25-17(26-18(28)20(30)31)7-16(13)27-6-5-15(12(8-23)19(27)29)24-9-11-3-1-2-4-14(11)22/h1-8,10,18,23-24,28H,9H2,(H,25,26)(H,30,31)/p+1/t18-/m1/s1. The number of aliphatic carboxylic acids is 1. The SMILES string of the molecule is N=Cc1c([NH2+]Cc2ccccc2F)ccn(-c2cc(N[C@H](O)C(=O)O)ncc2Cl)c1=O. The van der Waals surface area contributed by atoms with E-state index in [1.807, 2.05) is 0 Å². The second-order valence-electron chi connectivity index (χ2n) is 6.41. The highest BCUT2D eigenvalue weighted by Gasteiger charge is 2.17. The van der Waals surface area contributed by atoms with Crippen LogP contribution in [0, 0.1) is 11.2 Å². The number of pyridine rings is 2. The Kier molecular flexibility index (Phi) is 6.75. The summed E-state index contributed by atoms with van der Waals surface area (Å²) in [6.45, 7) is 0.230. The summed E-state index contributed by atoms with van der Waals surface area (Å²) in [5, 5.41) is 29.9. The lowest BCUT2D eigenvalue weighted by Crippen LogP contribution is -2.77. The van der Waals surface area contributed by atoms with Crippen molar-refractivity contribution in [2.24, 2.45) is 0 Å². The van der Waals surface area contributed by atoms with Crippen LogP contribution in [0.1, 0.15) is 11.1 Å². The van der Waals surface area contributed by atoms with Gasteiger partial charge in [0.2, 0.25) is 6.23 Å². The number of hydrogen-bond acceptors (Lipinski definition) is 6. The van der Waals surface area contributed by atoms with Gasteiger partial charge in [-0.3, -0.25) is 9.36 Å². The van der Waals surface area contributed by atoms with Crippen LogP contribution in [0.15, 0.2) is 53.6 Å². The summed E-state index contributed by atoms with van der Waals surface area (Å²) in [6, 6.07) is 9.15. The average molecular weight is 447 g/mol. The van der Waals surface area contributed by atoms with E-state index in [2.05, 4.69) is 10.3 Å². The zero-order valence-electron chi connectivity index (χ0n) is 15.9.